The second-order valence-corrected chi connectivity index (χ2v) is 15.1. The molecule has 0 N–H and O–H groups in total. The fourth-order valence-electron chi connectivity index (χ4n) is 9.44. The van der Waals surface area contributed by atoms with Crippen molar-refractivity contribution in [1.82, 2.24) is 14.7 Å². The number of aromatic nitrogens is 4. The van der Waals surface area contributed by atoms with Crippen molar-refractivity contribution >= 4 is 80.2 Å². The molecule has 2 atom stereocenters. The number of nitrogens with zero attached hydrogens (tertiary/aromatic N) is 5. The molecule has 0 amide bonds. The Hall–Kier alpha value is -4.45. The van der Waals surface area contributed by atoms with E-state index in [0.717, 1.165) is 97.7 Å². The molecule has 200 valence electrons. The van der Waals surface area contributed by atoms with Gasteiger partial charge in [0, 0.05) is 89.4 Å². The van der Waals surface area contributed by atoms with Gasteiger partial charge < -0.3 is 13.8 Å². The van der Waals surface area contributed by atoms with Crippen molar-refractivity contribution in [2.24, 2.45) is 0 Å². The molecule has 44 heavy (non-hydrogen) atoms. The largest absolute Gasteiger partial charge is 0.606 e. The van der Waals surface area contributed by atoms with E-state index in [1.165, 1.54) is 0 Å². The van der Waals surface area contributed by atoms with Crippen LogP contribution in [0.25, 0.3) is 22.3 Å². The summed E-state index contributed by atoms with van der Waals surface area (Å²) in [5.41, 5.74) is 12.7. The lowest BCUT2D eigenvalue weighted by Gasteiger charge is -2.40. The van der Waals surface area contributed by atoms with Crippen molar-refractivity contribution < 1.29 is 23.2 Å². The molecular weight excluding hydrogens is 588 g/mol. The zero-order chi connectivity index (χ0) is 28.4. The highest BCUT2D eigenvalue weighted by molar-refractivity contribution is 7.92. The van der Waals surface area contributed by atoms with Crippen molar-refractivity contribution in [3.05, 3.63) is 85.7 Å². The molecule has 7 aliphatic heterocycles. The van der Waals surface area contributed by atoms with E-state index in [0.29, 0.717) is 0 Å². The van der Waals surface area contributed by atoms with Gasteiger partial charge in [0.2, 0.25) is 35.1 Å². The number of ether oxygens (including phenoxy) is 1. The number of rotatable bonds is 0. The van der Waals surface area contributed by atoms with Crippen LogP contribution in [-0.2, 0) is 22.4 Å². The summed E-state index contributed by atoms with van der Waals surface area (Å²) >= 11 is -2.82. The summed E-state index contributed by atoms with van der Waals surface area (Å²) < 4.78 is 40.5. The van der Waals surface area contributed by atoms with Crippen molar-refractivity contribution in [1.29, 1.82) is 0 Å². The van der Waals surface area contributed by atoms with Gasteiger partial charge in [0.15, 0.2) is 24.3 Å². The molecule has 0 bridgehead atoms. The molecular formula is C32H14B2N5O3S2+3. The van der Waals surface area contributed by atoms with E-state index in [-0.39, 0.29) is 18.1 Å². The predicted molar refractivity (Wildman–Crippen MR) is 164 cm³/mol. The number of pyridine rings is 4. The fourth-order valence-corrected chi connectivity index (χ4v) is 12.3. The van der Waals surface area contributed by atoms with Crippen LogP contribution in [0.15, 0.2) is 105 Å². The number of hydrogen-bond donors (Lipinski definition) is 0. The lowest BCUT2D eigenvalue weighted by Crippen LogP contribution is -2.99. The van der Waals surface area contributed by atoms with Crippen molar-refractivity contribution in [3.8, 4) is 33.8 Å². The van der Waals surface area contributed by atoms with Gasteiger partial charge >= 0.3 is 24.8 Å². The van der Waals surface area contributed by atoms with Gasteiger partial charge in [-0.25, -0.2) is 0 Å². The van der Waals surface area contributed by atoms with Crippen LogP contribution in [0.5, 0.6) is 11.5 Å². The van der Waals surface area contributed by atoms with E-state index in [9.17, 15) is 9.11 Å². The molecule has 2 aromatic carbocycles. The Morgan fingerprint density at radius 3 is 1.59 bits per heavy atom. The maximum absolute atomic E-state index is 14.4. The third-order valence-electron chi connectivity index (χ3n) is 10.8. The summed E-state index contributed by atoms with van der Waals surface area (Å²) in [6.45, 7) is -0.208. The molecule has 8 nitrogen and oxygen atoms in total. The zero-order valence-electron chi connectivity index (χ0n) is 22.5. The molecule has 13 rings (SSSR count). The maximum Gasteiger partial charge on any atom is 0.354 e. The number of benzene rings is 2. The first kappa shape index (κ1) is 22.1. The van der Waals surface area contributed by atoms with E-state index in [4.69, 9.17) is 4.74 Å². The van der Waals surface area contributed by atoms with Crippen molar-refractivity contribution in [3.63, 3.8) is 0 Å². The maximum atomic E-state index is 14.4. The Morgan fingerprint density at radius 1 is 0.591 bits per heavy atom. The Labute approximate surface area is 256 Å². The lowest BCUT2D eigenvalue weighted by atomic mass is 9.38. The van der Waals surface area contributed by atoms with E-state index in [1.807, 2.05) is 36.7 Å². The summed E-state index contributed by atoms with van der Waals surface area (Å²) in [6.07, 6.45) is 11.7. The molecule has 0 radical (unpaired) electrons. The van der Waals surface area contributed by atoms with Gasteiger partial charge in [-0.05, 0) is 36.4 Å². The highest BCUT2D eigenvalue weighted by Gasteiger charge is 2.77. The number of quaternary nitrogens is 1. The van der Waals surface area contributed by atoms with E-state index in [2.05, 4.69) is 56.0 Å². The summed E-state index contributed by atoms with van der Waals surface area (Å²) in [6, 6.07) is 16.4. The Balaban J connectivity index is 1.32. The lowest BCUT2D eigenvalue weighted by molar-refractivity contribution is -1.03. The van der Waals surface area contributed by atoms with Gasteiger partial charge in [-0.1, -0.05) is 0 Å². The molecule has 0 fully saturated rings. The summed E-state index contributed by atoms with van der Waals surface area (Å²) in [7, 11) is 0. The molecule has 4 aromatic heterocycles. The van der Waals surface area contributed by atoms with Gasteiger partial charge in [0.25, 0.3) is 0 Å². The minimum Gasteiger partial charge on any atom is -0.606 e. The van der Waals surface area contributed by atoms with E-state index < -0.39 is 22.4 Å². The smallest absolute Gasteiger partial charge is 0.354 e. The van der Waals surface area contributed by atoms with E-state index >= 15 is 0 Å². The molecule has 12 heteroatoms. The average molecular weight is 602 g/mol. The molecule has 0 aliphatic carbocycles. The van der Waals surface area contributed by atoms with Crippen LogP contribution >= 0.6 is 0 Å². The molecule has 1 spiro atoms. The van der Waals surface area contributed by atoms with Gasteiger partial charge in [-0.15, -0.1) is 0 Å². The number of fused-ring (bicyclic) bond motifs is 2. The highest BCUT2D eigenvalue weighted by Crippen LogP contribution is 2.53. The Kier molecular flexibility index (Phi) is 3.33. The Morgan fingerprint density at radius 2 is 1.09 bits per heavy atom. The van der Waals surface area contributed by atoms with Crippen LogP contribution in [0.2, 0.25) is 0 Å². The predicted octanol–water partition coefficient (Wildman–Crippen LogP) is -0.697. The standard InChI is InChI=1S/C32H14B2N5O3S2/c40-43-21-7-5-19-29-27(21)33-25-17(11-35-13-23(25)43)15-3-1-9-37(31(15)33)39(29)30-20(42-19)6-8-22-28(30)34-26-18(12-36-14-24(26)44(22)41)16-4-2-10-38(39)32(16)34/h1-14H/q+3. The summed E-state index contributed by atoms with van der Waals surface area (Å²) in [4.78, 5) is 12.3. The van der Waals surface area contributed by atoms with Gasteiger partial charge in [0.1, 0.15) is 0 Å². The minimum absolute atomic E-state index is 0.104. The van der Waals surface area contributed by atoms with Crippen molar-refractivity contribution in [2.45, 2.75) is 19.6 Å². The first-order valence-electron chi connectivity index (χ1n) is 14.5. The monoisotopic (exact) mass is 602 g/mol. The average Bonchev–Trinajstić information content (AvgIpc) is 3.59. The van der Waals surface area contributed by atoms with Gasteiger partial charge in [-0.2, -0.15) is 0 Å². The third kappa shape index (κ3) is 1.92. The summed E-state index contributed by atoms with van der Waals surface area (Å²) in [5, 5.41) is 0. The van der Waals surface area contributed by atoms with Crippen LogP contribution in [0, 0.1) is 0 Å². The van der Waals surface area contributed by atoms with Gasteiger partial charge in [-0.3, -0.25) is 9.97 Å². The highest BCUT2D eigenvalue weighted by atomic mass is 32.2. The fraction of sp³-hybridized carbons (Fsp3) is 0. The van der Waals surface area contributed by atoms with Crippen molar-refractivity contribution in [2.75, 3.05) is 0 Å². The van der Waals surface area contributed by atoms with Gasteiger partial charge in [0.05, 0.1) is 23.3 Å². The second kappa shape index (κ2) is 6.63. The van der Waals surface area contributed by atoms with Crippen LogP contribution < -0.4 is 51.8 Å². The topological polar surface area (TPSA) is 88.9 Å². The molecule has 2 unspecified atom stereocenters. The normalized spacial score (nSPS) is 22.5. The van der Waals surface area contributed by atoms with Crippen LogP contribution in [0.3, 0.4) is 0 Å². The SMILES string of the molecule is [O-][S+]1c2cncc3c2B2c4c1ccc1c4[N+]4(c5c(ccc6c5B5c7c(cncc7[S+]6[O-])-c6ccc[n+]4c65)O1)[n+]1cccc-3c12. The van der Waals surface area contributed by atoms with E-state index in [1.54, 1.807) is 12.4 Å². The van der Waals surface area contributed by atoms with Crippen LogP contribution in [0.1, 0.15) is 0 Å². The first-order chi connectivity index (χ1) is 21.7. The second-order valence-electron chi connectivity index (χ2n) is 12.3. The molecule has 6 aromatic rings. The molecule has 7 aliphatic rings. The third-order valence-corrected chi connectivity index (χ3v) is 13.7. The molecule has 0 saturated heterocycles. The minimum atomic E-state index is -1.41. The van der Waals surface area contributed by atoms with Crippen LogP contribution in [-0.4, -0.2) is 32.5 Å². The molecule has 0 saturated carbocycles. The summed E-state index contributed by atoms with van der Waals surface area (Å²) in [5.74, 6) is 1.47. The zero-order valence-corrected chi connectivity index (χ0v) is 24.1. The van der Waals surface area contributed by atoms with Crippen LogP contribution in [0.4, 0.5) is 11.4 Å². The Bertz CT molecular complexity index is 2360. The number of hydrogen-bond acceptors (Lipinski definition) is 5. The first-order valence-corrected chi connectivity index (χ1v) is 16.8. The molecule has 11 heterocycles. The quantitative estimate of drug-likeness (QED) is 0.0993.